The fourth-order valence-electron chi connectivity index (χ4n) is 2.34. The standard InChI is InChI=1S/C19H22N2O5/c1-5-26-15-9-7-6-8-14(15)19(22)21-20-12-13-10-16(23-2)18(25-4)17(11-13)24-3/h6-12H,5H2,1-4H3,(H,21,22)/b20-12-. The van der Waals surface area contributed by atoms with Gasteiger partial charge in [-0.25, -0.2) is 5.43 Å². The topological polar surface area (TPSA) is 78.4 Å². The molecule has 0 radical (unpaired) electrons. The Labute approximate surface area is 152 Å². The lowest BCUT2D eigenvalue weighted by Crippen LogP contribution is -2.18. The lowest BCUT2D eigenvalue weighted by atomic mass is 10.2. The van der Waals surface area contributed by atoms with Crippen LogP contribution in [0.2, 0.25) is 0 Å². The predicted octanol–water partition coefficient (Wildman–Crippen LogP) is 2.88. The van der Waals surface area contributed by atoms with Gasteiger partial charge in [0.2, 0.25) is 5.75 Å². The van der Waals surface area contributed by atoms with Gasteiger partial charge in [-0.1, -0.05) is 12.1 Å². The summed E-state index contributed by atoms with van der Waals surface area (Å²) in [6, 6.07) is 10.4. The van der Waals surface area contributed by atoms with Gasteiger partial charge in [0.05, 0.1) is 39.7 Å². The van der Waals surface area contributed by atoms with Gasteiger partial charge in [0, 0.05) is 5.56 Å². The second-order valence-corrected chi connectivity index (χ2v) is 5.09. The molecule has 0 atom stereocenters. The van der Waals surface area contributed by atoms with Crippen LogP contribution in [0.3, 0.4) is 0 Å². The highest BCUT2D eigenvalue weighted by Crippen LogP contribution is 2.37. The van der Waals surface area contributed by atoms with Crippen LogP contribution in [0.5, 0.6) is 23.0 Å². The minimum Gasteiger partial charge on any atom is -0.493 e. The molecule has 0 aromatic heterocycles. The Morgan fingerprint density at radius 3 is 2.27 bits per heavy atom. The van der Waals surface area contributed by atoms with Crippen molar-refractivity contribution in [2.75, 3.05) is 27.9 Å². The third-order valence-corrected chi connectivity index (χ3v) is 3.50. The van der Waals surface area contributed by atoms with Crippen molar-refractivity contribution < 1.29 is 23.7 Å². The lowest BCUT2D eigenvalue weighted by Gasteiger charge is -2.12. The third-order valence-electron chi connectivity index (χ3n) is 3.50. The van der Waals surface area contributed by atoms with E-state index < -0.39 is 0 Å². The van der Waals surface area contributed by atoms with E-state index in [1.807, 2.05) is 6.92 Å². The van der Waals surface area contributed by atoms with E-state index in [-0.39, 0.29) is 5.91 Å². The fraction of sp³-hybridized carbons (Fsp3) is 0.263. The van der Waals surface area contributed by atoms with Crippen molar-refractivity contribution >= 4 is 12.1 Å². The average Bonchev–Trinajstić information content (AvgIpc) is 2.67. The molecule has 0 bridgehead atoms. The van der Waals surface area contributed by atoms with Crippen LogP contribution in [0.25, 0.3) is 0 Å². The average molecular weight is 358 g/mol. The number of rotatable bonds is 8. The Morgan fingerprint density at radius 2 is 1.69 bits per heavy atom. The van der Waals surface area contributed by atoms with Crippen molar-refractivity contribution in [3.05, 3.63) is 47.5 Å². The zero-order chi connectivity index (χ0) is 18.9. The highest BCUT2D eigenvalue weighted by atomic mass is 16.5. The highest BCUT2D eigenvalue weighted by molar-refractivity contribution is 5.97. The van der Waals surface area contributed by atoms with E-state index in [0.29, 0.717) is 40.7 Å². The smallest absolute Gasteiger partial charge is 0.275 e. The molecule has 0 fully saturated rings. The van der Waals surface area contributed by atoms with Crippen molar-refractivity contribution in [2.24, 2.45) is 5.10 Å². The number of hydrogen-bond donors (Lipinski definition) is 1. The first-order chi connectivity index (χ1) is 12.6. The zero-order valence-corrected chi connectivity index (χ0v) is 15.2. The van der Waals surface area contributed by atoms with Crippen LogP contribution >= 0.6 is 0 Å². The number of carbonyl (C=O) groups excluding carboxylic acids is 1. The first kappa shape index (κ1) is 19.1. The van der Waals surface area contributed by atoms with Crippen molar-refractivity contribution in [1.29, 1.82) is 0 Å². The number of hydrazone groups is 1. The molecule has 7 heteroatoms. The summed E-state index contributed by atoms with van der Waals surface area (Å²) in [5.74, 6) is 1.64. The summed E-state index contributed by atoms with van der Waals surface area (Å²) in [5.41, 5.74) is 3.58. The normalized spacial score (nSPS) is 10.5. The molecule has 0 saturated carbocycles. The molecular weight excluding hydrogens is 336 g/mol. The summed E-state index contributed by atoms with van der Waals surface area (Å²) in [5, 5.41) is 3.99. The molecule has 0 aliphatic carbocycles. The van der Waals surface area contributed by atoms with Crippen molar-refractivity contribution in [3.63, 3.8) is 0 Å². The molecule has 0 spiro atoms. The molecule has 0 aliphatic heterocycles. The molecule has 2 aromatic carbocycles. The first-order valence-electron chi connectivity index (χ1n) is 7.99. The van der Waals surface area contributed by atoms with Gasteiger partial charge < -0.3 is 18.9 Å². The van der Waals surface area contributed by atoms with Gasteiger partial charge in [-0.15, -0.1) is 0 Å². The molecule has 1 amide bonds. The number of methoxy groups -OCH3 is 3. The summed E-state index contributed by atoms with van der Waals surface area (Å²) in [7, 11) is 4.60. The van der Waals surface area contributed by atoms with E-state index in [4.69, 9.17) is 18.9 Å². The number of amides is 1. The van der Waals surface area contributed by atoms with E-state index in [0.717, 1.165) is 0 Å². The van der Waals surface area contributed by atoms with Gasteiger partial charge in [-0.2, -0.15) is 5.10 Å². The number of benzene rings is 2. The molecular formula is C19H22N2O5. The number of nitrogens with zero attached hydrogens (tertiary/aromatic N) is 1. The first-order valence-corrected chi connectivity index (χ1v) is 7.99. The summed E-state index contributed by atoms with van der Waals surface area (Å²) >= 11 is 0. The Bertz CT molecular complexity index is 764. The zero-order valence-electron chi connectivity index (χ0n) is 15.2. The van der Waals surface area contributed by atoms with E-state index in [2.05, 4.69) is 10.5 Å². The second-order valence-electron chi connectivity index (χ2n) is 5.09. The number of para-hydroxylation sites is 1. The van der Waals surface area contributed by atoms with Gasteiger partial charge in [0.1, 0.15) is 5.75 Å². The van der Waals surface area contributed by atoms with Crippen LogP contribution in [-0.4, -0.2) is 40.1 Å². The van der Waals surface area contributed by atoms with Gasteiger partial charge in [0.25, 0.3) is 5.91 Å². The van der Waals surface area contributed by atoms with E-state index >= 15 is 0 Å². The minimum absolute atomic E-state index is 0.363. The molecule has 2 aromatic rings. The highest BCUT2D eigenvalue weighted by Gasteiger charge is 2.13. The van der Waals surface area contributed by atoms with Gasteiger partial charge in [0.15, 0.2) is 11.5 Å². The molecule has 7 nitrogen and oxygen atoms in total. The number of carbonyl (C=O) groups is 1. The molecule has 0 aliphatic rings. The maximum Gasteiger partial charge on any atom is 0.275 e. The summed E-state index contributed by atoms with van der Waals surface area (Å²) in [4.78, 5) is 12.3. The SMILES string of the molecule is CCOc1ccccc1C(=O)N/N=C\c1cc(OC)c(OC)c(OC)c1. The van der Waals surface area contributed by atoms with Crippen LogP contribution in [0.4, 0.5) is 0 Å². The van der Waals surface area contributed by atoms with Crippen molar-refractivity contribution in [3.8, 4) is 23.0 Å². The van der Waals surface area contributed by atoms with Gasteiger partial charge >= 0.3 is 0 Å². The van der Waals surface area contributed by atoms with Crippen LogP contribution in [0.1, 0.15) is 22.8 Å². The Morgan fingerprint density at radius 1 is 1.04 bits per heavy atom. The van der Waals surface area contributed by atoms with Crippen molar-refractivity contribution in [1.82, 2.24) is 5.43 Å². The molecule has 1 N–H and O–H groups in total. The molecule has 0 heterocycles. The Balaban J connectivity index is 2.17. The number of ether oxygens (including phenoxy) is 4. The molecule has 0 unspecified atom stereocenters. The number of nitrogens with one attached hydrogen (secondary N) is 1. The fourth-order valence-corrected chi connectivity index (χ4v) is 2.34. The van der Waals surface area contributed by atoms with Crippen LogP contribution in [0, 0.1) is 0 Å². The van der Waals surface area contributed by atoms with E-state index in [1.54, 1.807) is 36.4 Å². The van der Waals surface area contributed by atoms with E-state index in [9.17, 15) is 4.79 Å². The second kappa shape index (κ2) is 9.31. The minimum atomic E-state index is -0.363. The maximum atomic E-state index is 12.3. The maximum absolute atomic E-state index is 12.3. The summed E-state index contributed by atoms with van der Waals surface area (Å²) in [6.45, 7) is 2.33. The largest absolute Gasteiger partial charge is 0.493 e. The molecule has 26 heavy (non-hydrogen) atoms. The summed E-state index contributed by atoms with van der Waals surface area (Å²) in [6.07, 6.45) is 1.49. The van der Waals surface area contributed by atoms with Crippen LogP contribution in [-0.2, 0) is 0 Å². The quantitative estimate of drug-likeness (QED) is 0.580. The third kappa shape index (κ3) is 4.44. The molecule has 0 saturated heterocycles. The Hall–Kier alpha value is -3.22. The molecule has 138 valence electrons. The van der Waals surface area contributed by atoms with Gasteiger partial charge in [-0.3, -0.25) is 4.79 Å². The van der Waals surface area contributed by atoms with Crippen LogP contribution < -0.4 is 24.4 Å². The van der Waals surface area contributed by atoms with Crippen molar-refractivity contribution in [2.45, 2.75) is 6.92 Å². The molecule has 2 rings (SSSR count). The van der Waals surface area contributed by atoms with Gasteiger partial charge in [-0.05, 0) is 31.2 Å². The number of hydrogen-bond acceptors (Lipinski definition) is 6. The Kier molecular flexibility index (Phi) is 6.84. The monoisotopic (exact) mass is 358 g/mol. The lowest BCUT2D eigenvalue weighted by molar-refractivity contribution is 0.0951. The van der Waals surface area contributed by atoms with Crippen LogP contribution in [0.15, 0.2) is 41.5 Å². The predicted molar refractivity (Wildman–Crippen MR) is 98.8 cm³/mol. The summed E-state index contributed by atoms with van der Waals surface area (Å²) < 4.78 is 21.3. The van der Waals surface area contributed by atoms with E-state index in [1.165, 1.54) is 27.5 Å².